The van der Waals surface area contributed by atoms with Crippen molar-refractivity contribution in [3.05, 3.63) is 30.3 Å². The molecular formula is C15H20N4O3. The number of anilines is 1. The zero-order chi connectivity index (χ0) is 15.4. The van der Waals surface area contributed by atoms with Crippen LogP contribution >= 0.6 is 0 Å². The number of ether oxygens (including phenoxy) is 2. The normalized spacial score (nSPS) is 15.8. The second kappa shape index (κ2) is 6.65. The molecule has 0 atom stereocenters. The zero-order valence-electron chi connectivity index (χ0n) is 12.9. The van der Waals surface area contributed by atoms with Crippen molar-refractivity contribution in [3.8, 4) is 11.6 Å². The number of hydrogen-bond acceptors (Lipinski definition) is 7. The third-order valence-electron chi connectivity index (χ3n) is 3.80. The first-order valence-electron chi connectivity index (χ1n) is 7.24. The standard InChI is InChI=1S/C15H20N4O3/c1-20-13-7-12(9-16-10-13)19-5-3-18(4-6-19)11-14-8-15(21-2)17-22-14/h7-10H,3-6,11H2,1-2H3. The highest BCUT2D eigenvalue weighted by Crippen LogP contribution is 2.21. The Hall–Kier alpha value is -2.28. The van der Waals surface area contributed by atoms with Crippen molar-refractivity contribution < 1.29 is 14.0 Å². The van der Waals surface area contributed by atoms with Gasteiger partial charge in [0.15, 0.2) is 5.76 Å². The van der Waals surface area contributed by atoms with Crippen molar-refractivity contribution in [3.63, 3.8) is 0 Å². The lowest BCUT2D eigenvalue weighted by molar-refractivity contribution is 0.218. The highest BCUT2D eigenvalue weighted by Gasteiger charge is 2.19. The highest BCUT2D eigenvalue weighted by molar-refractivity contribution is 5.48. The van der Waals surface area contributed by atoms with E-state index >= 15 is 0 Å². The van der Waals surface area contributed by atoms with Crippen molar-refractivity contribution in [2.24, 2.45) is 0 Å². The van der Waals surface area contributed by atoms with Gasteiger partial charge in [-0.05, 0) is 5.16 Å². The van der Waals surface area contributed by atoms with Crippen LogP contribution in [0.15, 0.2) is 29.0 Å². The molecule has 0 amide bonds. The molecule has 0 saturated carbocycles. The van der Waals surface area contributed by atoms with Gasteiger partial charge in [0.2, 0.25) is 0 Å². The van der Waals surface area contributed by atoms with Crippen molar-refractivity contribution in [1.29, 1.82) is 0 Å². The Morgan fingerprint density at radius 2 is 1.91 bits per heavy atom. The number of rotatable bonds is 5. The van der Waals surface area contributed by atoms with Crippen LogP contribution in [0.1, 0.15) is 5.76 Å². The van der Waals surface area contributed by atoms with Gasteiger partial charge in [0.25, 0.3) is 5.88 Å². The van der Waals surface area contributed by atoms with Gasteiger partial charge in [0.1, 0.15) is 5.75 Å². The molecule has 118 valence electrons. The quantitative estimate of drug-likeness (QED) is 0.827. The maximum Gasteiger partial charge on any atom is 0.254 e. The van der Waals surface area contributed by atoms with Crippen molar-refractivity contribution in [2.45, 2.75) is 6.54 Å². The Morgan fingerprint density at radius 3 is 2.59 bits per heavy atom. The molecule has 3 rings (SSSR count). The van der Waals surface area contributed by atoms with Gasteiger partial charge < -0.3 is 18.9 Å². The Bertz CT molecular complexity index is 608. The molecular weight excluding hydrogens is 284 g/mol. The van der Waals surface area contributed by atoms with Gasteiger partial charge in [-0.25, -0.2) is 0 Å². The number of nitrogens with zero attached hydrogens (tertiary/aromatic N) is 4. The topological polar surface area (TPSA) is 63.9 Å². The van der Waals surface area contributed by atoms with Crippen molar-refractivity contribution in [2.75, 3.05) is 45.3 Å². The van der Waals surface area contributed by atoms with Gasteiger partial charge in [-0.1, -0.05) is 0 Å². The molecule has 3 heterocycles. The van der Waals surface area contributed by atoms with E-state index in [-0.39, 0.29) is 0 Å². The predicted octanol–water partition coefficient (Wildman–Crippen LogP) is 1.41. The lowest BCUT2D eigenvalue weighted by atomic mass is 10.2. The lowest BCUT2D eigenvalue weighted by Crippen LogP contribution is -2.45. The third kappa shape index (κ3) is 3.30. The zero-order valence-corrected chi connectivity index (χ0v) is 12.9. The van der Waals surface area contributed by atoms with E-state index in [1.807, 2.05) is 18.3 Å². The molecule has 0 aromatic carbocycles. The number of hydrogen-bond donors (Lipinski definition) is 0. The van der Waals surface area contributed by atoms with Crippen LogP contribution in [0.4, 0.5) is 5.69 Å². The van der Waals surface area contributed by atoms with E-state index in [2.05, 4.69) is 19.9 Å². The lowest BCUT2D eigenvalue weighted by Gasteiger charge is -2.35. The Kier molecular flexibility index (Phi) is 4.43. The molecule has 7 nitrogen and oxygen atoms in total. The summed E-state index contributed by atoms with van der Waals surface area (Å²) in [5, 5.41) is 3.83. The molecule has 1 aliphatic heterocycles. The summed E-state index contributed by atoms with van der Waals surface area (Å²) in [5.41, 5.74) is 1.10. The number of methoxy groups -OCH3 is 2. The smallest absolute Gasteiger partial charge is 0.254 e. The summed E-state index contributed by atoms with van der Waals surface area (Å²) in [6.07, 6.45) is 3.59. The Morgan fingerprint density at radius 1 is 1.09 bits per heavy atom. The average molecular weight is 304 g/mol. The molecule has 0 N–H and O–H groups in total. The highest BCUT2D eigenvalue weighted by atomic mass is 16.5. The molecule has 1 aliphatic rings. The molecule has 0 unspecified atom stereocenters. The molecule has 0 aliphatic carbocycles. The van der Waals surface area contributed by atoms with Crippen molar-refractivity contribution >= 4 is 5.69 Å². The SMILES string of the molecule is COc1cncc(N2CCN(Cc3cc(OC)no3)CC2)c1. The fourth-order valence-corrected chi connectivity index (χ4v) is 2.54. The number of aromatic nitrogens is 2. The van der Waals surface area contributed by atoms with Gasteiger partial charge in [-0.2, -0.15) is 0 Å². The predicted molar refractivity (Wildman–Crippen MR) is 81.3 cm³/mol. The molecule has 1 fully saturated rings. The second-order valence-corrected chi connectivity index (χ2v) is 5.18. The molecule has 22 heavy (non-hydrogen) atoms. The van der Waals surface area contributed by atoms with Gasteiger partial charge in [0.05, 0.1) is 38.8 Å². The minimum Gasteiger partial charge on any atom is -0.495 e. The van der Waals surface area contributed by atoms with E-state index in [4.69, 9.17) is 14.0 Å². The van der Waals surface area contributed by atoms with Crippen LogP contribution in [0, 0.1) is 0 Å². The van der Waals surface area contributed by atoms with E-state index in [9.17, 15) is 0 Å². The van der Waals surface area contributed by atoms with Gasteiger partial charge in [0, 0.05) is 38.3 Å². The first-order valence-corrected chi connectivity index (χ1v) is 7.24. The number of piperazine rings is 1. The van der Waals surface area contributed by atoms with Crippen LogP contribution in [-0.2, 0) is 6.54 Å². The fourth-order valence-electron chi connectivity index (χ4n) is 2.54. The molecule has 0 spiro atoms. The minimum atomic E-state index is 0.524. The fraction of sp³-hybridized carbons (Fsp3) is 0.467. The van der Waals surface area contributed by atoms with Gasteiger partial charge in [-0.15, -0.1) is 0 Å². The third-order valence-corrected chi connectivity index (χ3v) is 3.80. The molecule has 0 radical (unpaired) electrons. The summed E-state index contributed by atoms with van der Waals surface area (Å²) < 4.78 is 15.5. The summed E-state index contributed by atoms with van der Waals surface area (Å²) in [5.74, 6) is 2.14. The molecule has 2 aromatic rings. The summed E-state index contributed by atoms with van der Waals surface area (Å²) in [7, 11) is 3.24. The first-order chi connectivity index (χ1) is 10.8. The molecule has 1 saturated heterocycles. The van der Waals surface area contributed by atoms with Crippen LogP contribution in [0.2, 0.25) is 0 Å². The summed E-state index contributed by atoms with van der Waals surface area (Å²) >= 11 is 0. The molecule has 2 aromatic heterocycles. The van der Waals surface area contributed by atoms with E-state index < -0.39 is 0 Å². The van der Waals surface area contributed by atoms with Crippen LogP contribution in [0.25, 0.3) is 0 Å². The van der Waals surface area contributed by atoms with E-state index in [0.29, 0.717) is 5.88 Å². The maximum absolute atomic E-state index is 5.24. The molecule has 7 heteroatoms. The first kappa shape index (κ1) is 14.6. The van der Waals surface area contributed by atoms with Crippen LogP contribution in [-0.4, -0.2) is 55.4 Å². The van der Waals surface area contributed by atoms with E-state index in [0.717, 1.165) is 49.9 Å². The molecule has 0 bridgehead atoms. The average Bonchev–Trinajstić information content (AvgIpc) is 3.03. The minimum absolute atomic E-state index is 0.524. The van der Waals surface area contributed by atoms with Gasteiger partial charge in [-0.3, -0.25) is 9.88 Å². The second-order valence-electron chi connectivity index (χ2n) is 5.18. The van der Waals surface area contributed by atoms with E-state index in [1.54, 1.807) is 20.4 Å². The monoisotopic (exact) mass is 304 g/mol. The summed E-state index contributed by atoms with van der Waals surface area (Å²) in [4.78, 5) is 8.86. The summed E-state index contributed by atoms with van der Waals surface area (Å²) in [6, 6.07) is 3.85. The van der Waals surface area contributed by atoms with Crippen LogP contribution in [0.3, 0.4) is 0 Å². The summed E-state index contributed by atoms with van der Waals surface area (Å²) in [6.45, 7) is 4.56. The van der Waals surface area contributed by atoms with Crippen LogP contribution < -0.4 is 14.4 Å². The van der Waals surface area contributed by atoms with Crippen molar-refractivity contribution in [1.82, 2.24) is 15.0 Å². The number of pyridine rings is 1. The maximum atomic E-state index is 5.24. The van der Waals surface area contributed by atoms with Crippen LogP contribution in [0.5, 0.6) is 11.6 Å². The van der Waals surface area contributed by atoms with E-state index in [1.165, 1.54) is 0 Å². The Labute approximate surface area is 129 Å². The van der Waals surface area contributed by atoms with Gasteiger partial charge >= 0.3 is 0 Å². The Balaban J connectivity index is 1.55. The largest absolute Gasteiger partial charge is 0.495 e.